The Morgan fingerprint density at radius 2 is 1.80 bits per heavy atom. The van der Waals surface area contributed by atoms with Gasteiger partial charge < -0.3 is 9.47 Å². The maximum atomic E-state index is 12.6. The van der Waals surface area contributed by atoms with Crippen LogP contribution in [0.3, 0.4) is 0 Å². The molecule has 4 nitrogen and oxygen atoms in total. The Labute approximate surface area is 117 Å². The highest BCUT2D eigenvalue weighted by atomic mass is 19.3. The molecule has 1 saturated carbocycles. The van der Waals surface area contributed by atoms with Crippen molar-refractivity contribution >= 4 is 11.9 Å². The topological polar surface area (TPSA) is 52.6 Å². The summed E-state index contributed by atoms with van der Waals surface area (Å²) < 4.78 is 34.9. The number of hydrogen-bond acceptors (Lipinski definition) is 4. The molecule has 0 amide bonds. The molecule has 0 bridgehead atoms. The minimum atomic E-state index is -3.59. The second kappa shape index (κ2) is 6.99. The molecule has 0 radical (unpaired) electrons. The van der Waals surface area contributed by atoms with Crippen molar-refractivity contribution < 1.29 is 27.8 Å². The summed E-state index contributed by atoms with van der Waals surface area (Å²) in [6.07, 6.45) is 6.27. The zero-order valence-electron chi connectivity index (χ0n) is 12.0. The molecule has 1 fully saturated rings. The van der Waals surface area contributed by atoms with Crippen molar-refractivity contribution in [3.05, 3.63) is 0 Å². The first-order valence-corrected chi connectivity index (χ1v) is 7.06. The van der Waals surface area contributed by atoms with Crippen molar-refractivity contribution in [2.24, 2.45) is 0 Å². The van der Waals surface area contributed by atoms with Crippen molar-refractivity contribution in [3.63, 3.8) is 0 Å². The molecular formula is C14H22F2O4. The van der Waals surface area contributed by atoms with Gasteiger partial charge in [0.25, 0.3) is 0 Å². The summed E-state index contributed by atoms with van der Waals surface area (Å²) in [5.41, 5.74) is -0.509. The van der Waals surface area contributed by atoms with Gasteiger partial charge in [0.05, 0.1) is 0 Å². The number of carbonyl (C=O) groups excluding carboxylic acids is 2. The third-order valence-corrected chi connectivity index (χ3v) is 3.48. The van der Waals surface area contributed by atoms with Gasteiger partial charge in [-0.05, 0) is 32.1 Å². The lowest BCUT2D eigenvalue weighted by molar-refractivity contribution is -0.182. The van der Waals surface area contributed by atoms with Gasteiger partial charge in [0.2, 0.25) is 0 Å². The summed E-state index contributed by atoms with van der Waals surface area (Å²) in [5.74, 6) is -6.05. The van der Waals surface area contributed by atoms with Crippen molar-refractivity contribution in [2.45, 2.75) is 70.3 Å². The van der Waals surface area contributed by atoms with Gasteiger partial charge in [-0.3, -0.25) is 0 Å². The molecular weight excluding hydrogens is 270 g/mol. The molecule has 0 atom stereocenters. The van der Waals surface area contributed by atoms with Gasteiger partial charge in [-0.2, -0.15) is 8.78 Å². The second-order valence-electron chi connectivity index (χ2n) is 5.43. The lowest BCUT2D eigenvalue weighted by Crippen LogP contribution is -2.39. The van der Waals surface area contributed by atoms with E-state index >= 15 is 0 Å². The Kier molecular flexibility index (Phi) is 5.89. The van der Waals surface area contributed by atoms with E-state index in [1.807, 2.05) is 6.92 Å². The van der Waals surface area contributed by atoms with Gasteiger partial charge in [-0.1, -0.05) is 19.8 Å². The van der Waals surface area contributed by atoms with Gasteiger partial charge in [-0.15, -0.1) is 0 Å². The van der Waals surface area contributed by atoms with Crippen LogP contribution in [-0.2, 0) is 19.1 Å². The van der Waals surface area contributed by atoms with E-state index in [1.54, 1.807) is 0 Å². The summed E-state index contributed by atoms with van der Waals surface area (Å²) in [6, 6.07) is 0. The zero-order chi connectivity index (χ0) is 15.2. The van der Waals surface area contributed by atoms with Crippen LogP contribution < -0.4 is 0 Å². The average molecular weight is 292 g/mol. The number of rotatable bonds is 6. The predicted molar refractivity (Wildman–Crippen MR) is 68.4 cm³/mol. The monoisotopic (exact) mass is 292 g/mol. The number of esters is 2. The quantitative estimate of drug-likeness (QED) is 0.705. The molecule has 0 saturated heterocycles. The smallest absolute Gasteiger partial charge is 0.377 e. The molecule has 0 N–H and O–H groups in total. The zero-order valence-corrected chi connectivity index (χ0v) is 12.0. The SMILES string of the molecule is CCCC1(OC(=O)COC(=O)C(C)(F)F)CCCCC1. The first kappa shape index (κ1) is 16.9. The summed E-state index contributed by atoms with van der Waals surface area (Å²) >= 11 is 0. The molecule has 1 aliphatic rings. The van der Waals surface area contributed by atoms with Crippen LogP contribution in [0.5, 0.6) is 0 Å². The Morgan fingerprint density at radius 1 is 1.20 bits per heavy atom. The standard InChI is InChI=1S/C14H22F2O4/c1-3-7-14(8-5-4-6-9-14)20-11(17)10-19-12(18)13(2,15)16/h3-10H2,1-2H3. The second-order valence-corrected chi connectivity index (χ2v) is 5.43. The molecule has 0 spiro atoms. The number of alkyl halides is 2. The molecule has 0 aromatic heterocycles. The molecule has 1 aliphatic carbocycles. The fraction of sp³-hybridized carbons (Fsp3) is 0.857. The number of ether oxygens (including phenoxy) is 2. The Bertz CT molecular complexity index is 338. The Morgan fingerprint density at radius 3 is 2.30 bits per heavy atom. The molecule has 20 heavy (non-hydrogen) atoms. The van der Waals surface area contributed by atoms with Crippen LogP contribution in [0.1, 0.15) is 58.8 Å². The highest BCUT2D eigenvalue weighted by Gasteiger charge is 2.37. The number of halogens is 2. The van der Waals surface area contributed by atoms with Crippen LogP contribution in [0.4, 0.5) is 8.78 Å². The molecule has 0 aromatic carbocycles. The summed E-state index contributed by atoms with van der Waals surface area (Å²) in [7, 11) is 0. The maximum Gasteiger partial charge on any atom is 0.377 e. The molecule has 0 aliphatic heterocycles. The highest BCUT2D eigenvalue weighted by Crippen LogP contribution is 2.35. The van der Waals surface area contributed by atoms with E-state index in [2.05, 4.69) is 4.74 Å². The van der Waals surface area contributed by atoms with E-state index in [-0.39, 0.29) is 0 Å². The predicted octanol–water partition coefficient (Wildman–Crippen LogP) is 3.23. The Balaban J connectivity index is 2.48. The van der Waals surface area contributed by atoms with E-state index < -0.39 is 30.1 Å². The van der Waals surface area contributed by atoms with Crippen LogP contribution in [0.25, 0.3) is 0 Å². The van der Waals surface area contributed by atoms with E-state index in [0.717, 1.165) is 44.9 Å². The third kappa shape index (κ3) is 5.06. The normalized spacial score (nSPS) is 18.4. The van der Waals surface area contributed by atoms with Crippen LogP contribution in [0.2, 0.25) is 0 Å². The highest BCUT2D eigenvalue weighted by molar-refractivity contribution is 5.80. The maximum absolute atomic E-state index is 12.6. The van der Waals surface area contributed by atoms with Crippen LogP contribution in [0, 0.1) is 0 Å². The Hall–Kier alpha value is -1.20. The summed E-state index contributed by atoms with van der Waals surface area (Å²) in [5, 5.41) is 0. The van der Waals surface area contributed by atoms with E-state index in [0.29, 0.717) is 6.92 Å². The molecule has 0 heterocycles. The fourth-order valence-corrected chi connectivity index (χ4v) is 2.58. The molecule has 0 unspecified atom stereocenters. The first-order valence-electron chi connectivity index (χ1n) is 7.06. The lowest BCUT2D eigenvalue weighted by atomic mass is 9.81. The first-order chi connectivity index (χ1) is 9.29. The largest absolute Gasteiger partial charge is 0.457 e. The molecule has 6 heteroatoms. The minimum absolute atomic E-state index is 0.431. The lowest BCUT2D eigenvalue weighted by Gasteiger charge is -2.36. The van der Waals surface area contributed by atoms with E-state index in [1.165, 1.54) is 0 Å². The third-order valence-electron chi connectivity index (χ3n) is 3.48. The van der Waals surface area contributed by atoms with Gasteiger partial charge in [0, 0.05) is 6.92 Å². The van der Waals surface area contributed by atoms with Crippen molar-refractivity contribution in [2.75, 3.05) is 6.61 Å². The fourth-order valence-electron chi connectivity index (χ4n) is 2.58. The summed E-state index contributed by atoms with van der Waals surface area (Å²) in [4.78, 5) is 22.6. The van der Waals surface area contributed by atoms with Crippen LogP contribution in [-0.4, -0.2) is 30.1 Å². The van der Waals surface area contributed by atoms with Gasteiger partial charge in [-0.25, -0.2) is 9.59 Å². The van der Waals surface area contributed by atoms with Crippen molar-refractivity contribution in [1.82, 2.24) is 0 Å². The molecule has 1 rings (SSSR count). The van der Waals surface area contributed by atoms with E-state index in [9.17, 15) is 18.4 Å². The van der Waals surface area contributed by atoms with Gasteiger partial charge in [0.1, 0.15) is 5.60 Å². The number of carbonyl (C=O) groups is 2. The van der Waals surface area contributed by atoms with Crippen molar-refractivity contribution in [1.29, 1.82) is 0 Å². The van der Waals surface area contributed by atoms with Crippen molar-refractivity contribution in [3.8, 4) is 0 Å². The van der Waals surface area contributed by atoms with Crippen LogP contribution >= 0.6 is 0 Å². The van der Waals surface area contributed by atoms with Gasteiger partial charge in [0.15, 0.2) is 6.61 Å². The summed E-state index contributed by atoms with van der Waals surface area (Å²) in [6.45, 7) is 1.68. The van der Waals surface area contributed by atoms with Gasteiger partial charge >= 0.3 is 17.9 Å². The average Bonchev–Trinajstić information content (AvgIpc) is 2.36. The molecule has 0 aromatic rings. The minimum Gasteiger partial charge on any atom is -0.457 e. The molecule has 116 valence electrons. The number of hydrogen-bond donors (Lipinski definition) is 0. The van der Waals surface area contributed by atoms with Crippen LogP contribution in [0.15, 0.2) is 0 Å². The van der Waals surface area contributed by atoms with E-state index in [4.69, 9.17) is 4.74 Å².